The first-order valence-electron chi connectivity index (χ1n) is 9.52. The molecule has 0 radical (unpaired) electrons. The number of benzene rings is 2. The second kappa shape index (κ2) is 11.8. The fourth-order valence-electron chi connectivity index (χ4n) is 3.28. The van der Waals surface area contributed by atoms with Crippen molar-refractivity contribution in [3.8, 4) is 5.75 Å². The van der Waals surface area contributed by atoms with E-state index in [-0.39, 0.29) is 30.6 Å². The number of primary amides is 1. The summed E-state index contributed by atoms with van der Waals surface area (Å²) in [5, 5.41) is 4.18. The smallest absolute Gasteiger partial charge is 0.255 e. The fraction of sp³-hybridized carbons (Fsp3) is 0.333. The van der Waals surface area contributed by atoms with E-state index in [0.717, 1.165) is 48.4 Å². The Morgan fingerprint density at radius 2 is 1.90 bits per heavy atom. The molecule has 0 bridgehead atoms. The van der Waals surface area contributed by atoms with E-state index < -0.39 is 5.91 Å². The quantitative estimate of drug-likeness (QED) is 0.333. The lowest BCUT2D eigenvalue weighted by atomic mass is 10.2. The zero-order valence-corrected chi connectivity index (χ0v) is 20.0. The minimum absolute atomic E-state index is 0. The van der Waals surface area contributed by atoms with Gasteiger partial charge in [-0.1, -0.05) is 35.9 Å². The monoisotopic (exact) mass is 543 g/mol. The van der Waals surface area contributed by atoms with Crippen LogP contribution in [0.1, 0.15) is 5.56 Å². The summed E-state index contributed by atoms with van der Waals surface area (Å²) in [6.07, 6.45) is 0. The highest BCUT2D eigenvalue weighted by Crippen LogP contribution is 2.26. The molecule has 2 aromatic carbocycles. The first-order chi connectivity index (χ1) is 14.1. The van der Waals surface area contributed by atoms with Gasteiger partial charge < -0.3 is 25.6 Å². The molecule has 0 atom stereocenters. The van der Waals surface area contributed by atoms with Crippen molar-refractivity contribution >= 4 is 53.1 Å². The highest BCUT2D eigenvalue weighted by molar-refractivity contribution is 14.0. The molecule has 2 aromatic rings. The SMILES string of the molecule is CN=C(NCc1cccc(OCC(N)=O)c1)N1CCN(c2ccccc2Cl)CC1.I. The molecule has 3 N–H and O–H groups in total. The number of aliphatic imine (C=N–C) groups is 1. The zero-order valence-electron chi connectivity index (χ0n) is 16.9. The van der Waals surface area contributed by atoms with Gasteiger partial charge in [-0.05, 0) is 29.8 Å². The number of ether oxygens (including phenoxy) is 1. The van der Waals surface area contributed by atoms with Gasteiger partial charge in [0.2, 0.25) is 0 Å². The van der Waals surface area contributed by atoms with Gasteiger partial charge >= 0.3 is 0 Å². The molecule has 162 valence electrons. The van der Waals surface area contributed by atoms with E-state index >= 15 is 0 Å². The molecule has 1 aliphatic heterocycles. The lowest BCUT2D eigenvalue weighted by molar-refractivity contribution is -0.119. The Morgan fingerprint density at radius 1 is 1.17 bits per heavy atom. The normalized spacial score (nSPS) is 14.1. The highest BCUT2D eigenvalue weighted by atomic mass is 127. The second-order valence-corrected chi connectivity index (χ2v) is 7.14. The van der Waals surface area contributed by atoms with E-state index in [1.165, 1.54) is 0 Å². The standard InChI is InChI=1S/C21H26ClN5O2.HI/c1-24-21(25-14-16-5-4-6-17(13-16)29-15-20(23)28)27-11-9-26(10-12-27)19-8-3-2-7-18(19)22;/h2-8,13H,9-12,14-15H2,1H3,(H2,23,28)(H,24,25);1H. The maximum atomic E-state index is 10.9. The van der Waals surface area contributed by atoms with Crippen LogP contribution in [0.15, 0.2) is 53.5 Å². The molecular weight excluding hydrogens is 517 g/mol. The van der Waals surface area contributed by atoms with Crippen molar-refractivity contribution in [2.45, 2.75) is 6.54 Å². The van der Waals surface area contributed by atoms with Crippen LogP contribution in [-0.2, 0) is 11.3 Å². The van der Waals surface area contributed by atoms with Crippen LogP contribution in [0.4, 0.5) is 5.69 Å². The number of amides is 1. The summed E-state index contributed by atoms with van der Waals surface area (Å²) < 4.78 is 5.36. The number of piperazine rings is 1. The maximum Gasteiger partial charge on any atom is 0.255 e. The third-order valence-corrected chi connectivity index (χ3v) is 5.03. The van der Waals surface area contributed by atoms with Crippen LogP contribution in [0, 0.1) is 0 Å². The molecule has 7 nitrogen and oxygen atoms in total. The number of nitrogens with one attached hydrogen (secondary N) is 1. The van der Waals surface area contributed by atoms with Crippen LogP contribution in [0.25, 0.3) is 0 Å². The Labute approximate surface area is 199 Å². The van der Waals surface area contributed by atoms with E-state index in [0.29, 0.717) is 12.3 Å². The van der Waals surface area contributed by atoms with Gasteiger partial charge in [0.1, 0.15) is 5.75 Å². The molecule has 1 saturated heterocycles. The number of hydrogen-bond donors (Lipinski definition) is 2. The first-order valence-corrected chi connectivity index (χ1v) is 9.89. The summed E-state index contributed by atoms with van der Waals surface area (Å²) in [5.74, 6) is 0.976. The lowest BCUT2D eigenvalue weighted by Crippen LogP contribution is -2.52. The Hall–Kier alpha value is -2.20. The van der Waals surface area contributed by atoms with Gasteiger partial charge in [-0.3, -0.25) is 9.79 Å². The Kier molecular flexibility index (Phi) is 9.51. The number of anilines is 1. The summed E-state index contributed by atoms with van der Waals surface area (Å²) in [6, 6.07) is 15.5. The largest absolute Gasteiger partial charge is 0.484 e. The molecule has 3 rings (SSSR count). The minimum atomic E-state index is -0.495. The van der Waals surface area contributed by atoms with Crippen molar-refractivity contribution in [1.82, 2.24) is 10.2 Å². The average molecular weight is 544 g/mol. The van der Waals surface area contributed by atoms with Gasteiger partial charge in [0, 0.05) is 39.8 Å². The number of halogens is 2. The fourth-order valence-corrected chi connectivity index (χ4v) is 3.54. The molecule has 0 aromatic heterocycles. The van der Waals surface area contributed by atoms with Gasteiger partial charge in [0.05, 0.1) is 10.7 Å². The number of para-hydroxylation sites is 1. The van der Waals surface area contributed by atoms with Crippen LogP contribution in [0.5, 0.6) is 5.75 Å². The average Bonchev–Trinajstić information content (AvgIpc) is 2.74. The molecule has 0 aliphatic carbocycles. The summed E-state index contributed by atoms with van der Waals surface area (Å²) in [5.41, 5.74) is 7.23. The molecule has 1 fully saturated rings. The van der Waals surface area contributed by atoms with Crippen molar-refractivity contribution < 1.29 is 9.53 Å². The van der Waals surface area contributed by atoms with E-state index in [9.17, 15) is 4.79 Å². The zero-order chi connectivity index (χ0) is 20.6. The van der Waals surface area contributed by atoms with E-state index in [1.807, 2.05) is 36.4 Å². The van der Waals surface area contributed by atoms with Crippen molar-refractivity contribution in [1.29, 1.82) is 0 Å². The van der Waals surface area contributed by atoms with Gasteiger partial charge in [-0.2, -0.15) is 0 Å². The predicted octanol–water partition coefficient (Wildman–Crippen LogP) is 2.72. The summed E-state index contributed by atoms with van der Waals surface area (Å²) in [6.45, 7) is 3.93. The third kappa shape index (κ3) is 6.66. The molecule has 9 heteroatoms. The van der Waals surface area contributed by atoms with Crippen LogP contribution in [0.2, 0.25) is 5.02 Å². The minimum Gasteiger partial charge on any atom is -0.484 e. The molecule has 1 amide bonds. The van der Waals surface area contributed by atoms with Gasteiger partial charge in [0.25, 0.3) is 5.91 Å². The number of nitrogens with two attached hydrogens (primary N) is 1. The van der Waals surface area contributed by atoms with E-state index in [2.05, 4.69) is 26.2 Å². The lowest BCUT2D eigenvalue weighted by Gasteiger charge is -2.38. The number of nitrogens with zero attached hydrogens (tertiary/aromatic N) is 3. The Bertz CT molecular complexity index is 872. The van der Waals surface area contributed by atoms with Crippen LogP contribution in [-0.4, -0.2) is 56.6 Å². The number of hydrogen-bond acceptors (Lipinski definition) is 4. The second-order valence-electron chi connectivity index (χ2n) is 6.73. The molecule has 1 heterocycles. The summed E-state index contributed by atoms with van der Waals surface area (Å²) in [7, 11) is 1.79. The van der Waals surface area contributed by atoms with Crippen LogP contribution in [0.3, 0.4) is 0 Å². The van der Waals surface area contributed by atoms with Gasteiger partial charge in [-0.15, -0.1) is 24.0 Å². The summed E-state index contributed by atoms with van der Waals surface area (Å²) in [4.78, 5) is 19.8. The number of guanidine groups is 1. The van der Waals surface area contributed by atoms with Crippen molar-refractivity contribution in [3.05, 3.63) is 59.1 Å². The Morgan fingerprint density at radius 3 is 2.57 bits per heavy atom. The van der Waals surface area contributed by atoms with Crippen LogP contribution < -0.4 is 20.7 Å². The number of rotatable bonds is 6. The van der Waals surface area contributed by atoms with E-state index in [4.69, 9.17) is 22.1 Å². The van der Waals surface area contributed by atoms with Gasteiger partial charge in [0.15, 0.2) is 12.6 Å². The number of carbonyl (C=O) groups excluding carboxylic acids is 1. The summed E-state index contributed by atoms with van der Waals surface area (Å²) >= 11 is 6.33. The highest BCUT2D eigenvalue weighted by Gasteiger charge is 2.20. The van der Waals surface area contributed by atoms with Crippen molar-refractivity contribution in [2.24, 2.45) is 10.7 Å². The molecular formula is C21H27ClIN5O2. The third-order valence-electron chi connectivity index (χ3n) is 4.71. The predicted molar refractivity (Wildman–Crippen MR) is 132 cm³/mol. The number of carbonyl (C=O) groups is 1. The molecule has 1 aliphatic rings. The van der Waals surface area contributed by atoms with Crippen LogP contribution >= 0.6 is 35.6 Å². The molecule has 0 spiro atoms. The first kappa shape index (κ1) is 24.1. The Balaban J connectivity index is 0.00000320. The molecule has 0 unspecified atom stereocenters. The van der Waals surface area contributed by atoms with Crippen molar-refractivity contribution in [3.63, 3.8) is 0 Å². The van der Waals surface area contributed by atoms with Crippen molar-refractivity contribution in [2.75, 3.05) is 44.7 Å². The maximum absolute atomic E-state index is 10.9. The van der Waals surface area contributed by atoms with Gasteiger partial charge in [-0.25, -0.2) is 0 Å². The van der Waals surface area contributed by atoms with E-state index in [1.54, 1.807) is 13.1 Å². The molecule has 0 saturated carbocycles. The molecule has 30 heavy (non-hydrogen) atoms. The topological polar surface area (TPSA) is 83.2 Å².